The molecule has 2 unspecified atom stereocenters. The minimum absolute atomic E-state index is 0.00243. The number of carboxylic acids is 2. The molecule has 47 heavy (non-hydrogen) atoms. The van der Waals surface area contributed by atoms with Crippen LogP contribution in [0.4, 0.5) is 11.4 Å². The largest absolute Gasteiger partial charge is 0.481 e. The third-order valence-corrected chi connectivity index (χ3v) is 6.95. The second-order valence-electron chi connectivity index (χ2n) is 11.4. The van der Waals surface area contributed by atoms with Gasteiger partial charge in [0, 0.05) is 24.2 Å². The normalized spacial score (nSPS) is 12.4. The zero-order chi connectivity index (χ0) is 34.3. The van der Waals surface area contributed by atoms with Gasteiger partial charge in [-0.2, -0.15) is 0 Å². The fourth-order valence-electron chi connectivity index (χ4n) is 4.67. The molecule has 2 amide bonds. The maximum absolute atomic E-state index is 13.2. The van der Waals surface area contributed by atoms with Gasteiger partial charge in [0.05, 0.1) is 11.3 Å². The van der Waals surface area contributed by atoms with E-state index in [1.807, 2.05) is 19.9 Å². The van der Waals surface area contributed by atoms with Crippen molar-refractivity contribution < 1.29 is 34.3 Å². The van der Waals surface area contributed by atoms with Crippen LogP contribution in [0.3, 0.4) is 0 Å². The number of anilines is 2. The van der Waals surface area contributed by atoms with Crippen LogP contribution in [0.1, 0.15) is 43.4 Å². The number of nitro groups is 1. The first-order valence-electron chi connectivity index (χ1n) is 15.0. The van der Waals surface area contributed by atoms with E-state index in [1.54, 1.807) is 72.8 Å². The van der Waals surface area contributed by atoms with Gasteiger partial charge in [-0.25, -0.2) is 4.79 Å². The lowest BCUT2D eigenvalue weighted by Gasteiger charge is -2.23. The maximum atomic E-state index is 13.2. The molecule has 0 aliphatic heterocycles. The van der Waals surface area contributed by atoms with Gasteiger partial charge in [-0.3, -0.25) is 24.5 Å². The number of carboxylic acid groups (broad SMARTS) is 2. The van der Waals surface area contributed by atoms with Crippen LogP contribution in [0.2, 0.25) is 0 Å². The Labute approximate surface area is 272 Å². The molecule has 13 heteroatoms. The molecule has 0 bridgehead atoms. The predicted molar refractivity (Wildman–Crippen MR) is 176 cm³/mol. The van der Waals surface area contributed by atoms with Crippen LogP contribution in [0.5, 0.6) is 0 Å². The third kappa shape index (κ3) is 13.0. The highest BCUT2D eigenvalue weighted by Gasteiger charge is 2.27. The Kier molecular flexibility index (Phi) is 13.5. The van der Waals surface area contributed by atoms with Crippen molar-refractivity contribution in [3.05, 3.63) is 118 Å². The first-order chi connectivity index (χ1) is 22.4. The monoisotopic (exact) mass is 645 g/mol. The summed E-state index contributed by atoms with van der Waals surface area (Å²) in [4.78, 5) is 59.6. The number of nitrogens with one attached hydrogen (secondary N) is 4. The van der Waals surface area contributed by atoms with E-state index in [2.05, 4.69) is 21.3 Å². The molecule has 0 spiro atoms. The Morgan fingerprint density at radius 1 is 0.787 bits per heavy atom. The highest BCUT2D eigenvalue weighted by Crippen LogP contribution is 2.16. The number of amides is 2. The minimum atomic E-state index is -1.25. The van der Waals surface area contributed by atoms with E-state index in [-0.39, 0.29) is 37.4 Å². The van der Waals surface area contributed by atoms with Crippen molar-refractivity contribution in [2.75, 3.05) is 10.6 Å². The number of rotatable bonds is 18. The maximum Gasteiger partial charge on any atom is 0.326 e. The van der Waals surface area contributed by atoms with Crippen molar-refractivity contribution in [1.29, 1.82) is 0 Å². The molecule has 3 rings (SSSR count). The molecule has 248 valence electrons. The van der Waals surface area contributed by atoms with E-state index >= 15 is 0 Å². The molecule has 0 saturated carbocycles. The number of carbonyl (C=O) groups is 4. The van der Waals surface area contributed by atoms with E-state index in [0.29, 0.717) is 28.9 Å². The summed E-state index contributed by atoms with van der Waals surface area (Å²) in [6, 6.07) is 20.3. The van der Waals surface area contributed by atoms with Crippen molar-refractivity contribution in [3.63, 3.8) is 0 Å². The zero-order valence-electron chi connectivity index (χ0n) is 26.1. The van der Waals surface area contributed by atoms with Gasteiger partial charge in [0.15, 0.2) is 5.82 Å². The predicted octanol–water partition coefficient (Wildman–Crippen LogP) is 4.19. The summed E-state index contributed by atoms with van der Waals surface area (Å²) in [6.07, 6.45) is 1.37. The quantitative estimate of drug-likeness (QED) is 0.0861. The SMILES string of the molecule is CC(C)CC(NC(=O)Cc1ccc(N/C(=C/[N+](=O)[O-])Nc2ccccc2)cc1)C(=O)NC(Cc1ccc(CCC(=O)O)cc1)C(=O)O. The van der Waals surface area contributed by atoms with Gasteiger partial charge >= 0.3 is 11.9 Å². The number of aryl methyl sites for hydroxylation is 1. The van der Waals surface area contributed by atoms with Crippen LogP contribution in [-0.2, 0) is 38.4 Å². The van der Waals surface area contributed by atoms with Gasteiger partial charge in [0.25, 0.3) is 6.20 Å². The number of carbonyl (C=O) groups excluding carboxylic acids is 2. The molecule has 0 radical (unpaired) electrons. The molecule has 3 aromatic rings. The molecule has 0 aliphatic carbocycles. The summed E-state index contributed by atoms with van der Waals surface area (Å²) in [7, 11) is 0. The molecule has 3 aromatic carbocycles. The fourth-order valence-corrected chi connectivity index (χ4v) is 4.67. The average molecular weight is 646 g/mol. The molecule has 0 fully saturated rings. The smallest absolute Gasteiger partial charge is 0.326 e. The number of para-hydroxylation sites is 1. The van der Waals surface area contributed by atoms with Crippen molar-refractivity contribution in [2.24, 2.45) is 5.92 Å². The Balaban J connectivity index is 1.61. The second kappa shape index (κ2) is 17.7. The van der Waals surface area contributed by atoms with Crippen molar-refractivity contribution in [1.82, 2.24) is 10.6 Å². The summed E-state index contributed by atoms with van der Waals surface area (Å²) >= 11 is 0. The first-order valence-corrected chi connectivity index (χ1v) is 15.0. The summed E-state index contributed by atoms with van der Waals surface area (Å²) in [5, 5.41) is 41.0. The number of hydrogen-bond acceptors (Lipinski definition) is 8. The molecular formula is C34H39N5O8. The first kappa shape index (κ1) is 35.8. The topological polar surface area (TPSA) is 200 Å². The Morgan fingerprint density at radius 3 is 1.91 bits per heavy atom. The Hall–Kier alpha value is -5.72. The summed E-state index contributed by atoms with van der Waals surface area (Å²) < 4.78 is 0. The lowest BCUT2D eigenvalue weighted by Crippen LogP contribution is -2.52. The lowest BCUT2D eigenvalue weighted by molar-refractivity contribution is -0.403. The van der Waals surface area contributed by atoms with Crippen LogP contribution in [0.15, 0.2) is 90.9 Å². The molecule has 0 heterocycles. The second-order valence-corrected chi connectivity index (χ2v) is 11.4. The van der Waals surface area contributed by atoms with E-state index in [1.165, 1.54) is 0 Å². The third-order valence-electron chi connectivity index (χ3n) is 6.95. The van der Waals surface area contributed by atoms with E-state index < -0.39 is 40.8 Å². The average Bonchev–Trinajstić information content (AvgIpc) is 3.00. The molecule has 13 nitrogen and oxygen atoms in total. The standard InChI is InChI=1S/C34H39N5O8/c1-22(2)18-28(33(43)38-29(34(44)45)19-24-10-8-23(9-11-24)14-17-32(41)42)37-31(40)20-25-12-15-27(16-13-25)36-30(21-39(46)47)35-26-6-4-3-5-7-26/h3-13,15-16,21-22,28-29,35-36H,14,17-20H2,1-2H3,(H,37,40)(H,38,43)(H,41,42)(H,44,45)/b30-21+. The van der Waals surface area contributed by atoms with Gasteiger partial charge < -0.3 is 31.5 Å². The highest BCUT2D eigenvalue weighted by molar-refractivity contribution is 5.91. The molecule has 6 N–H and O–H groups in total. The van der Waals surface area contributed by atoms with Crippen LogP contribution >= 0.6 is 0 Å². The van der Waals surface area contributed by atoms with E-state index in [4.69, 9.17) is 5.11 Å². The zero-order valence-corrected chi connectivity index (χ0v) is 26.1. The van der Waals surface area contributed by atoms with Gasteiger partial charge in [0.1, 0.15) is 12.1 Å². The highest BCUT2D eigenvalue weighted by atomic mass is 16.6. The Bertz CT molecular complexity index is 1560. The molecule has 2 atom stereocenters. The van der Waals surface area contributed by atoms with Gasteiger partial charge in [-0.15, -0.1) is 0 Å². The summed E-state index contributed by atoms with van der Waals surface area (Å²) in [6.45, 7) is 3.76. The number of hydrogen-bond donors (Lipinski definition) is 6. The molecular weight excluding hydrogens is 606 g/mol. The van der Waals surface area contributed by atoms with Gasteiger partial charge in [-0.1, -0.05) is 68.4 Å². The van der Waals surface area contributed by atoms with Crippen molar-refractivity contribution >= 4 is 35.1 Å². The van der Waals surface area contributed by atoms with Crippen LogP contribution in [-0.4, -0.2) is 51.0 Å². The minimum Gasteiger partial charge on any atom is -0.481 e. The number of benzene rings is 3. The number of nitrogens with zero attached hydrogens (tertiary/aromatic N) is 1. The lowest BCUT2D eigenvalue weighted by atomic mass is 10.00. The van der Waals surface area contributed by atoms with Crippen molar-refractivity contribution in [2.45, 2.75) is 58.0 Å². The van der Waals surface area contributed by atoms with E-state index in [9.17, 15) is 34.4 Å². The van der Waals surface area contributed by atoms with Crippen molar-refractivity contribution in [3.8, 4) is 0 Å². The van der Waals surface area contributed by atoms with Gasteiger partial charge in [-0.05, 0) is 59.7 Å². The summed E-state index contributed by atoms with van der Waals surface area (Å²) in [5.41, 5.74) is 3.27. The fraction of sp³-hybridized carbons (Fsp3) is 0.294. The molecule has 0 aromatic heterocycles. The van der Waals surface area contributed by atoms with Crippen LogP contribution < -0.4 is 21.3 Å². The van der Waals surface area contributed by atoms with E-state index in [0.717, 1.165) is 11.8 Å². The Morgan fingerprint density at radius 2 is 1.36 bits per heavy atom. The summed E-state index contributed by atoms with van der Waals surface area (Å²) in [5.74, 6) is -3.03. The number of aliphatic carboxylic acids is 2. The van der Waals surface area contributed by atoms with Crippen LogP contribution in [0, 0.1) is 16.0 Å². The van der Waals surface area contributed by atoms with Gasteiger partial charge in [0.2, 0.25) is 11.8 Å². The van der Waals surface area contributed by atoms with Crippen LogP contribution in [0.25, 0.3) is 0 Å². The molecule has 0 saturated heterocycles. The molecule has 0 aliphatic rings.